The van der Waals surface area contributed by atoms with Gasteiger partial charge in [0.25, 0.3) is 0 Å². The van der Waals surface area contributed by atoms with Gasteiger partial charge in [-0.1, -0.05) is 17.4 Å². The topological polar surface area (TPSA) is 66.4 Å². The van der Waals surface area contributed by atoms with Gasteiger partial charge in [-0.2, -0.15) is 0 Å². The number of fused-ring (bicyclic) bond motifs is 1. The Morgan fingerprint density at radius 3 is 2.62 bits per heavy atom. The molecule has 1 N–H and O–H groups in total. The summed E-state index contributed by atoms with van der Waals surface area (Å²) in [7, 11) is 1.91. The van der Waals surface area contributed by atoms with E-state index in [1.54, 1.807) is 12.1 Å². The molecule has 0 amide bonds. The van der Waals surface area contributed by atoms with Crippen LogP contribution in [0.15, 0.2) is 54.7 Å². The van der Waals surface area contributed by atoms with Crippen LogP contribution in [0.1, 0.15) is 5.56 Å². The third-order valence-electron chi connectivity index (χ3n) is 5.37. The molecule has 0 saturated carbocycles. The summed E-state index contributed by atoms with van der Waals surface area (Å²) in [4.78, 5) is 19.0. The lowest BCUT2D eigenvalue weighted by atomic mass is 10.2. The number of anilines is 4. The van der Waals surface area contributed by atoms with Crippen LogP contribution in [0.25, 0.3) is 10.3 Å². The van der Waals surface area contributed by atoms with Gasteiger partial charge in [0.15, 0.2) is 5.13 Å². The number of benzene rings is 1. The first-order valence-corrected chi connectivity index (χ1v) is 11.2. The fourth-order valence-electron chi connectivity index (χ4n) is 3.56. The zero-order chi connectivity index (χ0) is 21.9. The number of hydrogen-bond donors (Lipinski definition) is 1. The summed E-state index contributed by atoms with van der Waals surface area (Å²) in [5.41, 5.74) is 2.86. The van der Waals surface area contributed by atoms with Gasteiger partial charge in [0.05, 0.1) is 13.2 Å². The van der Waals surface area contributed by atoms with Gasteiger partial charge in [0.1, 0.15) is 27.8 Å². The van der Waals surface area contributed by atoms with Crippen molar-refractivity contribution in [3.63, 3.8) is 0 Å². The summed E-state index contributed by atoms with van der Waals surface area (Å²) in [5, 5.41) is 4.02. The highest BCUT2D eigenvalue weighted by Gasteiger charge is 2.12. The lowest BCUT2D eigenvalue weighted by Crippen LogP contribution is -2.35. The number of nitrogens with one attached hydrogen (secondary N) is 1. The van der Waals surface area contributed by atoms with Gasteiger partial charge < -0.3 is 15.0 Å². The highest BCUT2D eigenvalue weighted by atomic mass is 32.1. The Hall–Kier alpha value is -3.14. The van der Waals surface area contributed by atoms with Crippen molar-refractivity contribution in [3.05, 3.63) is 66.1 Å². The lowest BCUT2D eigenvalue weighted by molar-refractivity contribution is 0.0341. The van der Waals surface area contributed by atoms with E-state index in [4.69, 9.17) is 9.72 Å². The molecule has 0 atom stereocenters. The molecule has 32 heavy (non-hydrogen) atoms. The Labute approximate surface area is 189 Å². The number of ether oxygens (including phenoxy) is 1. The van der Waals surface area contributed by atoms with Crippen LogP contribution >= 0.6 is 11.3 Å². The maximum atomic E-state index is 13.2. The van der Waals surface area contributed by atoms with Crippen LogP contribution in [0, 0.1) is 5.82 Å². The van der Waals surface area contributed by atoms with Gasteiger partial charge in [-0.05, 0) is 48.0 Å². The number of morpholine rings is 1. The number of hydrogen-bond acceptors (Lipinski definition) is 8. The Morgan fingerprint density at radius 2 is 1.88 bits per heavy atom. The number of aromatic nitrogens is 3. The predicted molar refractivity (Wildman–Crippen MR) is 125 cm³/mol. The maximum absolute atomic E-state index is 13.2. The molecular formula is C23H23FN6OS. The molecule has 4 heterocycles. The summed E-state index contributed by atoms with van der Waals surface area (Å²) in [6.45, 7) is 4.38. The number of halogens is 1. The molecule has 0 bridgehead atoms. The van der Waals surface area contributed by atoms with Gasteiger partial charge in [-0.15, -0.1) is 0 Å². The molecule has 1 saturated heterocycles. The van der Waals surface area contributed by atoms with Gasteiger partial charge in [-0.3, -0.25) is 4.90 Å². The van der Waals surface area contributed by atoms with Crippen molar-refractivity contribution in [3.8, 4) is 0 Å². The smallest absolute Gasteiger partial charge is 0.190 e. The average molecular weight is 451 g/mol. The van der Waals surface area contributed by atoms with Crippen molar-refractivity contribution in [2.24, 2.45) is 0 Å². The second kappa shape index (κ2) is 9.15. The second-order valence-corrected chi connectivity index (χ2v) is 8.59. The number of nitrogens with zero attached hydrogens (tertiary/aromatic N) is 5. The molecule has 9 heteroatoms. The quantitative estimate of drug-likeness (QED) is 0.462. The van der Waals surface area contributed by atoms with Crippen LogP contribution in [0.5, 0.6) is 0 Å². The largest absolute Gasteiger partial charge is 0.379 e. The van der Waals surface area contributed by atoms with Gasteiger partial charge in [0, 0.05) is 38.6 Å². The molecular weight excluding hydrogens is 427 g/mol. The van der Waals surface area contributed by atoms with Crippen LogP contribution < -0.4 is 10.2 Å². The minimum atomic E-state index is -0.258. The van der Waals surface area contributed by atoms with Crippen molar-refractivity contribution in [1.82, 2.24) is 19.9 Å². The first-order valence-electron chi connectivity index (χ1n) is 10.4. The molecule has 3 aromatic heterocycles. The van der Waals surface area contributed by atoms with E-state index in [2.05, 4.69) is 26.3 Å². The minimum absolute atomic E-state index is 0.258. The normalized spacial score (nSPS) is 14.6. The minimum Gasteiger partial charge on any atom is -0.379 e. The number of rotatable bonds is 6. The standard InChI is InChI=1S/C23H23FN6OS/c1-29(18-5-3-17(24)4-6-18)21-9-7-19-22(28-21)32-23(26-19)27-20-8-2-16(14-25-20)15-30-10-12-31-13-11-30/h2-9,14H,10-13,15H2,1H3,(H,25,26,27). The molecule has 0 spiro atoms. The Kier molecular flexibility index (Phi) is 5.93. The van der Waals surface area contributed by atoms with Crippen LogP contribution in [0.4, 0.5) is 26.8 Å². The van der Waals surface area contributed by atoms with Crippen LogP contribution in [-0.2, 0) is 11.3 Å². The molecule has 4 aromatic rings. The first kappa shape index (κ1) is 20.7. The number of pyridine rings is 2. The molecule has 0 radical (unpaired) electrons. The summed E-state index contributed by atoms with van der Waals surface area (Å²) in [6.07, 6.45) is 1.90. The molecule has 1 fully saturated rings. The third kappa shape index (κ3) is 4.69. The Bertz CT molecular complexity index is 1190. The van der Waals surface area contributed by atoms with E-state index >= 15 is 0 Å². The van der Waals surface area contributed by atoms with E-state index in [1.165, 1.54) is 29.0 Å². The van der Waals surface area contributed by atoms with E-state index in [9.17, 15) is 4.39 Å². The van der Waals surface area contributed by atoms with Gasteiger partial charge in [0.2, 0.25) is 0 Å². The van der Waals surface area contributed by atoms with Crippen molar-refractivity contribution < 1.29 is 9.13 Å². The van der Waals surface area contributed by atoms with E-state index in [-0.39, 0.29) is 5.82 Å². The molecule has 0 aliphatic carbocycles. The van der Waals surface area contributed by atoms with Crippen molar-refractivity contribution in [1.29, 1.82) is 0 Å². The zero-order valence-electron chi connectivity index (χ0n) is 17.7. The molecule has 164 valence electrons. The molecule has 7 nitrogen and oxygen atoms in total. The molecule has 0 unspecified atom stereocenters. The zero-order valence-corrected chi connectivity index (χ0v) is 18.5. The van der Waals surface area contributed by atoms with E-state index in [0.29, 0.717) is 0 Å². The molecule has 1 aromatic carbocycles. The second-order valence-electron chi connectivity index (χ2n) is 7.61. The first-order chi connectivity index (χ1) is 15.6. The van der Waals surface area contributed by atoms with E-state index < -0.39 is 0 Å². The molecule has 1 aliphatic rings. The summed E-state index contributed by atoms with van der Waals surface area (Å²) < 4.78 is 18.6. The summed E-state index contributed by atoms with van der Waals surface area (Å²) in [6, 6.07) is 14.3. The Balaban J connectivity index is 1.28. The fraction of sp³-hybridized carbons (Fsp3) is 0.261. The third-order valence-corrected chi connectivity index (χ3v) is 6.25. The summed E-state index contributed by atoms with van der Waals surface area (Å²) in [5.74, 6) is 1.26. The predicted octanol–water partition coefficient (Wildman–Crippen LogP) is 4.57. The van der Waals surface area contributed by atoms with Crippen molar-refractivity contribution in [2.45, 2.75) is 6.54 Å². The van der Waals surface area contributed by atoms with E-state index in [0.717, 1.165) is 65.6 Å². The Morgan fingerprint density at radius 1 is 1.06 bits per heavy atom. The maximum Gasteiger partial charge on any atom is 0.190 e. The number of thiazole rings is 1. The fourth-order valence-corrected chi connectivity index (χ4v) is 4.40. The highest BCUT2D eigenvalue weighted by Crippen LogP contribution is 2.30. The molecule has 1 aliphatic heterocycles. The lowest BCUT2D eigenvalue weighted by Gasteiger charge is -2.26. The SMILES string of the molecule is CN(c1ccc(F)cc1)c1ccc2nc(Nc3ccc(CN4CCOCC4)cn3)sc2n1. The van der Waals surface area contributed by atoms with Crippen molar-refractivity contribution in [2.75, 3.05) is 43.6 Å². The highest BCUT2D eigenvalue weighted by molar-refractivity contribution is 7.21. The summed E-state index contributed by atoms with van der Waals surface area (Å²) >= 11 is 1.47. The van der Waals surface area contributed by atoms with E-state index in [1.807, 2.05) is 36.3 Å². The van der Waals surface area contributed by atoms with Crippen LogP contribution in [0.3, 0.4) is 0 Å². The average Bonchev–Trinajstić information content (AvgIpc) is 3.22. The van der Waals surface area contributed by atoms with Gasteiger partial charge in [-0.25, -0.2) is 19.3 Å². The van der Waals surface area contributed by atoms with Crippen LogP contribution in [-0.4, -0.2) is 53.2 Å². The monoisotopic (exact) mass is 450 g/mol. The van der Waals surface area contributed by atoms with Gasteiger partial charge >= 0.3 is 0 Å². The van der Waals surface area contributed by atoms with Crippen LogP contribution in [0.2, 0.25) is 0 Å². The molecule has 5 rings (SSSR count). The van der Waals surface area contributed by atoms with Crippen molar-refractivity contribution >= 4 is 44.1 Å².